The Hall–Kier alpha value is -3.24. The lowest BCUT2D eigenvalue weighted by atomic mass is 10.1. The number of carbonyl (C=O) groups is 1. The molecule has 0 aliphatic heterocycles. The molecule has 0 saturated carbocycles. The maximum absolute atomic E-state index is 13.0. The van der Waals surface area contributed by atoms with Crippen LogP contribution in [0.4, 0.5) is 18.9 Å². The molecule has 28 heavy (non-hydrogen) atoms. The van der Waals surface area contributed by atoms with Crippen molar-refractivity contribution in [1.29, 1.82) is 0 Å². The Bertz CT molecular complexity index is 927. The first-order valence-corrected chi connectivity index (χ1v) is 8.29. The quantitative estimate of drug-likeness (QED) is 0.528. The molecule has 0 spiro atoms. The molecule has 11 heteroatoms. The predicted molar refractivity (Wildman–Crippen MR) is 92.7 cm³/mol. The predicted octanol–water partition coefficient (Wildman–Crippen LogP) is 2.77. The molecule has 8 nitrogen and oxygen atoms in total. The van der Waals surface area contributed by atoms with E-state index in [2.05, 4.69) is 5.10 Å². The van der Waals surface area contributed by atoms with Crippen molar-refractivity contribution in [3.63, 3.8) is 0 Å². The zero-order valence-corrected chi connectivity index (χ0v) is 14.8. The largest absolute Gasteiger partial charge is 0.406 e. The molecule has 0 N–H and O–H groups in total. The van der Waals surface area contributed by atoms with Crippen molar-refractivity contribution in [1.82, 2.24) is 14.7 Å². The van der Waals surface area contributed by atoms with E-state index in [0.29, 0.717) is 11.3 Å². The number of halogens is 3. The van der Waals surface area contributed by atoms with Crippen molar-refractivity contribution >= 4 is 11.6 Å². The van der Waals surface area contributed by atoms with E-state index >= 15 is 0 Å². The molecule has 150 valence electrons. The monoisotopic (exact) mass is 398 g/mol. The van der Waals surface area contributed by atoms with Crippen molar-refractivity contribution in [2.24, 2.45) is 0 Å². The van der Waals surface area contributed by atoms with Gasteiger partial charge in [0.15, 0.2) is 0 Å². The van der Waals surface area contributed by atoms with Crippen molar-refractivity contribution < 1.29 is 22.9 Å². The van der Waals surface area contributed by atoms with Gasteiger partial charge in [-0.05, 0) is 12.5 Å². The third kappa shape index (κ3) is 5.38. The molecule has 1 heterocycles. The molecule has 1 aromatic heterocycles. The van der Waals surface area contributed by atoms with Crippen LogP contribution < -0.4 is 5.56 Å². The minimum absolute atomic E-state index is 0.0491. The molecule has 0 aliphatic rings. The van der Waals surface area contributed by atoms with Crippen molar-refractivity contribution in [2.45, 2.75) is 32.6 Å². The molecule has 0 radical (unpaired) electrons. The fourth-order valence-corrected chi connectivity index (χ4v) is 2.54. The van der Waals surface area contributed by atoms with E-state index in [4.69, 9.17) is 0 Å². The summed E-state index contributed by atoms with van der Waals surface area (Å²) in [5, 5.41) is 14.9. The van der Waals surface area contributed by atoms with Crippen LogP contribution in [-0.4, -0.2) is 38.2 Å². The van der Waals surface area contributed by atoms with Crippen LogP contribution in [0.3, 0.4) is 0 Å². The second-order valence-electron chi connectivity index (χ2n) is 5.94. The van der Waals surface area contributed by atoms with Crippen LogP contribution in [0, 0.1) is 10.1 Å². The summed E-state index contributed by atoms with van der Waals surface area (Å²) in [4.78, 5) is 35.2. The van der Waals surface area contributed by atoms with Crippen molar-refractivity contribution in [3.8, 4) is 0 Å². The van der Waals surface area contributed by atoms with Crippen LogP contribution >= 0.6 is 0 Å². The van der Waals surface area contributed by atoms with Gasteiger partial charge < -0.3 is 4.90 Å². The SMILES string of the molecule is CCCn1nc(C(=O)N(Cc2ccccc2[N+](=O)[O-])CC(F)(F)F)ccc1=O. The number of hydrogen-bond donors (Lipinski definition) is 0. The van der Waals surface area contributed by atoms with Gasteiger partial charge in [0.1, 0.15) is 12.2 Å². The third-order valence-corrected chi connectivity index (χ3v) is 3.73. The first-order chi connectivity index (χ1) is 13.1. The van der Waals surface area contributed by atoms with Crippen LogP contribution in [0.25, 0.3) is 0 Å². The van der Waals surface area contributed by atoms with Gasteiger partial charge in [-0.2, -0.15) is 18.3 Å². The number of rotatable bonds is 7. The van der Waals surface area contributed by atoms with Gasteiger partial charge >= 0.3 is 6.18 Å². The van der Waals surface area contributed by atoms with E-state index in [9.17, 15) is 32.9 Å². The molecule has 2 aromatic rings. The van der Waals surface area contributed by atoms with Crippen molar-refractivity contribution in [2.75, 3.05) is 6.54 Å². The van der Waals surface area contributed by atoms with E-state index < -0.39 is 41.3 Å². The molecule has 0 saturated heterocycles. The first kappa shape index (κ1) is 21.1. The van der Waals surface area contributed by atoms with Gasteiger partial charge in [-0.3, -0.25) is 19.7 Å². The molecular formula is C17H17F3N4O4. The number of nitro groups is 1. The molecular weight excluding hydrogens is 381 g/mol. The number of nitrogens with zero attached hydrogens (tertiary/aromatic N) is 4. The Kier molecular flexibility index (Phi) is 6.49. The lowest BCUT2D eigenvalue weighted by Gasteiger charge is -2.23. The number of aryl methyl sites for hydroxylation is 1. The number of para-hydroxylation sites is 1. The number of hydrogen-bond acceptors (Lipinski definition) is 5. The van der Waals surface area contributed by atoms with E-state index in [1.807, 2.05) is 0 Å². The van der Waals surface area contributed by atoms with E-state index in [1.165, 1.54) is 18.2 Å². The van der Waals surface area contributed by atoms with Gasteiger partial charge in [0.25, 0.3) is 17.2 Å². The Labute approximate surface area is 157 Å². The number of nitro benzene ring substituents is 1. The highest BCUT2D eigenvalue weighted by Gasteiger charge is 2.35. The molecule has 0 aliphatic carbocycles. The summed E-state index contributed by atoms with van der Waals surface area (Å²) in [6.07, 6.45) is -4.19. The highest BCUT2D eigenvalue weighted by atomic mass is 19.4. The van der Waals surface area contributed by atoms with E-state index in [0.717, 1.165) is 22.9 Å². The van der Waals surface area contributed by atoms with Gasteiger partial charge in [0.05, 0.1) is 11.5 Å². The summed E-state index contributed by atoms with van der Waals surface area (Å²) in [7, 11) is 0. The lowest BCUT2D eigenvalue weighted by molar-refractivity contribution is -0.385. The number of benzene rings is 1. The third-order valence-electron chi connectivity index (χ3n) is 3.73. The standard InChI is InChI=1S/C17H17F3N4O4/c1-2-9-23-15(25)8-7-13(21-23)16(26)22(11-17(18,19)20)10-12-5-3-4-6-14(12)24(27)28/h3-8H,2,9-11H2,1H3. The number of aromatic nitrogens is 2. The molecule has 0 atom stereocenters. The van der Waals surface area contributed by atoms with Gasteiger partial charge in [0, 0.05) is 24.2 Å². The summed E-state index contributed by atoms with van der Waals surface area (Å²) in [5.41, 5.74) is -1.28. The summed E-state index contributed by atoms with van der Waals surface area (Å²) >= 11 is 0. The average Bonchev–Trinajstić information content (AvgIpc) is 2.62. The second-order valence-corrected chi connectivity index (χ2v) is 5.94. The van der Waals surface area contributed by atoms with Crippen molar-refractivity contribution in [3.05, 3.63) is 68.1 Å². The van der Waals surface area contributed by atoms with Crippen LogP contribution in [0.5, 0.6) is 0 Å². The highest BCUT2D eigenvalue weighted by Crippen LogP contribution is 2.23. The Balaban J connectivity index is 2.41. The topological polar surface area (TPSA) is 98.3 Å². The lowest BCUT2D eigenvalue weighted by Crippen LogP contribution is -2.40. The molecule has 0 bridgehead atoms. The van der Waals surface area contributed by atoms with Gasteiger partial charge in [-0.25, -0.2) is 4.68 Å². The summed E-state index contributed by atoms with van der Waals surface area (Å²) in [6.45, 7) is -0.285. The average molecular weight is 398 g/mol. The van der Waals surface area contributed by atoms with Crippen LogP contribution in [0.15, 0.2) is 41.2 Å². The van der Waals surface area contributed by atoms with Gasteiger partial charge in [0.2, 0.25) is 0 Å². The van der Waals surface area contributed by atoms with Crippen LogP contribution in [0.2, 0.25) is 0 Å². The van der Waals surface area contributed by atoms with E-state index in [1.54, 1.807) is 6.92 Å². The molecule has 2 rings (SSSR count). The smallest absolute Gasteiger partial charge is 0.324 e. The Morgan fingerprint density at radius 1 is 1.25 bits per heavy atom. The second kappa shape index (κ2) is 8.63. The van der Waals surface area contributed by atoms with E-state index in [-0.39, 0.29) is 17.8 Å². The summed E-state index contributed by atoms with van der Waals surface area (Å²) in [6, 6.07) is 7.32. The number of carbonyl (C=O) groups excluding carboxylic acids is 1. The maximum Gasteiger partial charge on any atom is 0.406 e. The highest BCUT2D eigenvalue weighted by molar-refractivity contribution is 5.92. The van der Waals surface area contributed by atoms with Gasteiger partial charge in [-0.15, -0.1) is 0 Å². The first-order valence-electron chi connectivity index (χ1n) is 8.29. The molecule has 1 amide bonds. The van der Waals surface area contributed by atoms with Gasteiger partial charge in [-0.1, -0.05) is 25.1 Å². The minimum Gasteiger partial charge on any atom is -0.324 e. The minimum atomic E-state index is -4.73. The normalized spacial score (nSPS) is 11.3. The number of alkyl halides is 3. The zero-order chi connectivity index (χ0) is 20.9. The molecule has 0 fully saturated rings. The Morgan fingerprint density at radius 3 is 2.54 bits per heavy atom. The Morgan fingerprint density at radius 2 is 1.93 bits per heavy atom. The van der Waals surface area contributed by atoms with Crippen LogP contribution in [-0.2, 0) is 13.1 Å². The summed E-state index contributed by atoms with van der Waals surface area (Å²) < 4.78 is 40.0. The molecule has 0 unspecified atom stereocenters. The number of amides is 1. The maximum atomic E-state index is 13.0. The summed E-state index contributed by atoms with van der Waals surface area (Å²) in [5.74, 6) is -1.08. The van der Waals surface area contributed by atoms with Crippen LogP contribution in [0.1, 0.15) is 29.4 Å². The molecule has 1 aromatic carbocycles. The fraction of sp³-hybridized carbons (Fsp3) is 0.353. The fourth-order valence-electron chi connectivity index (χ4n) is 2.54. The zero-order valence-electron chi connectivity index (χ0n) is 14.8.